The van der Waals surface area contributed by atoms with Gasteiger partial charge in [0, 0.05) is 42.7 Å². The topological polar surface area (TPSA) is 41.6 Å². The van der Waals surface area contributed by atoms with E-state index in [1.165, 1.54) is 12.1 Å². The summed E-state index contributed by atoms with van der Waals surface area (Å²) in [4.78, 5) is 15.5. The van der Waals surface area contributed by atoms with E-state index in [-0.39, 0.29) is 11.7 Å². The van der Waals surface area contributed by atoms with E-state index in [9.17, 15) is 9.18 Å². The highest BCUT2D eigenvalue weighted by Gasteiger charge is 2.24. The molecule has 1 aromatic rings. The summed E-state index contributed by atoms with van der Waals surface area (Å²) in [5, 5.41) is 3.06. The number of hydrogen-bond donors (Lipinski definition) is 1. The number of amides is 1. The van der Waals surface area contributed by atoms with Gasteiger partial charge in [-0.2, -0.15) is 0 Å². The van der Waals surface area contributed by atoms with Gasteiger partial charge in [0.2, 0.25) is 5.91 Å². The molecule has 6 heteroatoms. The molecular formula is C18H27FN2O2S. The summed E-state index contributed by atoms with van der Waals surface area (Å²) in [5.74, 6) is 1.02. The minimum absolute atomic E-state index is 0.0727. The lowest BCUT2D eigenvalue weighted by molar-refractivity contribution is -0.121. The van der Waals surface area contributed by atoms with Crippen LogP contribution >= 0.6 is 11.8 Å². The number of nitrogens with one attached hydrogen (secondary N) is 1. The zero-order valence-electron chi connectivity index (χ0n) is 14.5. The number of ether oxygens (including phenoxy) is 1. The van der Waals surface area contributed by atoms with E-state index >= 15 is 0 Å². The van der Waals surface area contributed by atoms with Gasteiger partial charge in [0.05, 0.1) is 13.2 Å². The SMILES string of the molecule is CC(C)C(CNC(=O)CCSc1ccc(F)cc1)N1CCOCC1. The molecule has 2 rings (SSSR count). The van der Waals surface area contributed by atoms with Crippen molar-refractivity contribution in [3.63, 3.8) is 0 Å². The summed E-state index contributed by atoms with van der Waals surface area (Å²) in [6, 6.07) is 6.72. The molecule has 1 aromatic carbocycles. The van der Waals surface area contributed by atoms with Crippen molar-refractivity contribution in [2.75, 3.05) is 38.6 Å². The van der Waals surface area contributed by atoms with E-state index < -0.39 is 0 Å². The van der Waals surface area contributed by atoms with E-state index in [4.69, 9.17) is 4.74 Å². The molecule has 1 amide bonds. The van der Waals surface area contributed by atoms with E-state index in [0.29, 0.717) is 30.7 Å². The third kappa shape index (κ3) is 6.42. The summed E-state index contributed by atoms with van der Waals surface area (Å²) >= 11 is 1.57. The summed E-state index contributed by atoms with van der Waals surface area (Å²) < 4.78 is 18.2. The molecular weight excluding hydrogens is 327 g/mol. The number of benzene rings is 1. The van der Waals surface area contributed by atoms with Gasteiger partial charge in [-0.25, -0.2) is 4.39 Å². The van der Waals surface area contributed by atoms with Gasteiger partial charge in [-0.1, -0.05) is 13.8 Å². The van der Waals surface area contributed by atoms with Gasteiger partial charge >= 0.3 is 0 Å². The first-order valence-corrected chi connectivity index (χ1v) is 9.51. The molecule has 1 unspecified atom stereocenters. The Morgan fingerprint density at radius 2 is 1.96 bits per heavy atom. The fourth-order valence-electron chi connectivity index (χ4n) is 2.79. The molecule has 0 radical (unpaired) electrons. The third-order valence-corrected chi connectivity index (χ3v) is 5.22. The van der Waals surface area contributed by atoms with Crippen LogP contribution < -0.4 is 5.32 Å². The second-order valence-corrected chi connectivity index (χ2v) is 7.48. The van der Waals surface area contributed by atoms with E-state index in [0.717, 1.165) is 31.2 Å². The normalized spacial score (nSPS) is 17.0. The van der Waals surface area contributed by atoms with Crippen molar-refractivity contribution in [2.45, 2.75) is 31.2 Å². The predicted octanol–water partition coefficient (Wildman–Crippen LogP) is 2.78. The number of carbonyl (C=O) groups is 1. The highest BCUT2D eigenvalue weighted by molar-refractivity contribution is 7.99. The molecule has 1 atom stereocenters. The predicted molar refractivity (Wildman–Crippen MR) is 95.8 cm³/mol. The minimum atomic E-state index is -0.236. The average molecular weight is 354 g/mol. The summed E-state index contributed by atoms with van der Waals surface area (Å²) in [7, 11) is 0. The quantitative estimate of drug-likeness (QED) is 0.729. The highest BCUT2D eigenvalue weighted by Crippen LogP contribution is 2.19. The molecule has 0 aliphatic carbocycles. The summed E-state index contributed by atoms with van der Waals surface area (Å²) in [6.07, 6.45) is 0.468. The number of halogens is 1. The van der Waals surface area contributed by atoms with Crippen molar-refractivity contribution in [3.05, 3.63) is 30.1 Å². The Hall–Kier alpha value is -1.11. The number of nitrogens with zero attached hydrogens (tertiary/aromatic N) is 1. The Labute approximate surface area is 148 Å². The Kier molecular flexibility index (Phi) is 8.02. The van der Waals surface area contributed by atoms with Crippen molar-refractivity contribution < 1.29 is 13.9 Å². The average Bonchev–Trinajstić information content (AvgIpc) is 2.57. The molecule has 1 fully saturated rings. The molecule has 0 bridgehead atoms. The molecule has 24 heavy (non-hydrogen) atoms. The Morgan fingerprint density at radius 1 is 1.29 bits per heavy atom. The maximum Gasteiger partial charge on any atom is 0.220 e. The van der Waals surface area contributed by atoms with Crippen molar-refractivity contribution in [1.82, 2.24) is 10.2 Å². The molecule has 1 aliphatic heterocycles. The highest BCUT2D eigenvalue weighted by atomic mass is 32.2. The molecule has 4 nitrogen and oxygen atoms in total. The van der Waals surface area contributed by atoms with Crippen LogP contribution in [0, 0.1) is 11.7 Å². The maximum atomic E-state index is 12.8. The fourth-order valence-corrected chi connectivity index (χ4v) is 3.65. The van der Waals surface area contributed by atoms with Crippen molar-refractivity contribution in [3.8, 4) is 0 Å². The number of rotatable bonds is 8. The van der Waals surface area contributed by atoms with Gasteiger partial charge in [-0.3, -0.25) is 9.69 Å². The summed E-state index contributed by atoms with van der Waals surface area (Å²) in [6.45, 7) is 8.46. The molecule has 1 N–H and O–H groups in total. The van der Waals surface area contributed by atoms with Crippen molar-refractivity contribution in [2.24, 2.45) is 5.92 Å². The lowest BCUT2D eigenvalue weighted by Crippen LogP contribution is -2.51. The third-order valence-electron chi connectivity index (χ3n) is 4.20. The molecule has 1 aliphatic rings. The number of thioether (sulfide) groups is 1. The van der Waals surface area contributed by atoms with Crippen LogP contribution in [0.1, 0.15) is 20.3 Å². The lowest BCUT2D eigenvalue weighted by atomic mass is 10.0. The van der Waals surface area contributed by atoms with E-state index in [1.807, 2.05) is 0 Å². The number of morpholine rings is 1. The lowest BCUT2D eigenvalue weighted by Gasteiger charge is -2.36. The van der Waals surface area contributed by atoms with Gasteiger partial charge in [0.25, 0.3) is 0 Å². The van der Waals surface area contributed by atoms with Crippen LogP contribution in [0.3, 0.4) is 0 Å². The van der Waals surface area contributed by atoms with Crippen LogP contribution in [0.5, 0.6) is 0 Å². The van der Waals surface area contributed by atoms with Gasteiger partial charge in [-0.05, 0) is 30.2 Å². The molecule has 1 saturated heterocycles. The molecule has 0 spiro atoms. The Bertz CT molecular complexity index is 504. The fraction of sp³-hybridized carbons (Fsp3) is 0.611. The van der Waals surface area contributed by atoms with Gasteiger partial charge in [-0.15, -0.1) is 11.8 Å². The van der Waals surface area contributed by atoms with Gasteiger partial charge in [0.15, 0.2) is 0 Å². The van der Waals surface area contributed by atoms with Crippen LogP contribution in [0.4, 0.5) is 4.39 Å². The molecule has 0 aromatic heterocycles. The first kappa shape index (κ1) is 19.2. The largest absolute Gasteiger partial charge is 0.379 e. The number of carbonyl (C=O) groups excluding carboxylic acids is 1. The maximum absolute atomic E-state index is 12.8. The van der Waals surface area contributed by atoms with Gasteiger partial charge < -0.3 is 10.1 Å². The van der Waals surface area contributed by atoms with Crippen LogP contribution in [-0.2, 0) is 9.53 Å². The standard InChI is InChI=1S/C18H27FN2O2S/c1-14(2)17(21-8-10-23-11-9-21)13-20-18(22)7-12-24-16-5-3-15(19)4-6-16/h3-6,14,17H,7-13H2,1-2H3,(H,20,22). The first-order valence-electron chi connectivity index (χ1n) is 8.53. The first-order chi connectivity index (χ1) is 11.6. The number of hydrogen-bond acceptors (Lipinski definition) is 4. The van der Waals surface area contributed by atoms with Crippen LogP contribution in [0.2, 0.25) is 0 Å². The van der Waals surface area contributed by atoms with Crippen molar-refractivity contribution >= 4 is 17.7 Å². The molecule has 0 saturated carbocycles. The Balaban J connectivity index is 1.69. The van der Waals surface area contributed by atoms with E-state index in [2.05, 4.69) is 24.1 Å². The van der Waals surface area contributed by atoms with E-state index in [1.54, 1.807) is 23.9 Å². The van der Waals surface area contributed by atoms with Crippen LogP contribution in [0.25, 0.3) is 0 Å². The zero-order chi connectivity index (χ0) is 17.4. The Morgan fingerprint density at radius 3 is 2.58 bits per heavy atom. The second-order valence-electron chi connectivity index (χ2n) is 6.32. The summed E-state index contributed by atoms with van der Waals surface area (Å²) in [5.41, 5.74) is 0. The zero-order valence-corrected chi connectivity index (χ0v) is 15.3. The van der Waals surface area contributed by atoms with Crippen LogP contribution in [0.15, 0.2) is 29.2 Å². The molecule has 1 heterocycles. The van der Waals surface area contributed by atoms with Crippen molar-refractivity contribution in [1.29, 1.82) is 0 Å². The van der Waals surface area contributed by atoms with Crippen LogP contribution in [-0.4, -0.2) is 55.4 Å². The minimum Gasteiger partial charge on any atom is -0.379 e. The monoisotopic (exact) mass is 354 g/mol. The smallest absolute Gasteiger partial charge is 0.220 e. The molecule has 134 valence electrons. The second kappa shape index (κ2) is 10.0. The van der Waals surface area contributed by atoms with Gasteiger partial charge in [0.1, 0.15) is 5.82 Å².